The number of halogens is 1. The molecule has 0 aromatic heterocycles. The molecule has 0 aliphatic heterocycles. The lowest BCUT2D eigenvalue weighted by Gasteiger charge is -2.22. The largest absolute Gasteiger partial charge is 0.461 e. The van der Waals surface area contributed by atoms with Crippen LogP contribution in [0.15, 0.2) is 18.2 Å². The van der Waals surface area contributed by atoms with Gasteiger partial charge in [0.25, 0.3) is 0 Å². The highest BCUT2D eigenvalue weighted by Gasteiger charge is 2.16. The lowest BCUT2D eigenvalue weighted by atomic mass is 9.84. The third-order valence-corrected chi connectivity index (χ3v) is 2.30. The maximum Gasteiger partial charge on any atom is 0.235 e. The Labute approximate surface area is 91.3 Å². The summed E-state index contributed by atoms with van der Waals surface area (Å²) >= 11 is 0. The van der Waals surface area contributed by atoms with Crippen molar-refractivity contribution in [3.8, 4) is 5.75 Å². The number of benzene rings is 1. The molecule has 0 saturated carbocycles. The zero-order chi connectivity index (χ0) is 11.6. The van der Waals surface area contributed by atoms with Crippen LogP contribution in [0.4, 0.5) is 4.39 Å². The molecule has 2 heteroatoms. The zero-order valence-electron chi connectivity index (χ0n) is 10.1. The van der Waals surface area contributed by atoms with Crippen LogP contribution in [0.25, 0.3) is 0 Å². The molecule has 0 aliphatic rings. The normalized spacial score (nSPS) is 13.7. The Morgan fingerprint density at radius 1 is 1.27 bits per heavy atom. The van der Waals surface area contributed by atoms with Crippen molar-refractivity contribution < 1.29 is 9.13 Å². The Morgan fingerprint density at radius 3 is 2.27 bits per heavy atom. The Bertz CT molecular complexity index is 337. The molecule has 0 saturated heterocycles. The van der Waals surface area contributed by atoms with Crippen molar-refractivity contribution in [1.29, 1.82) is 0 Å². The maximum atomic E-state index is 12.6. The van der Waals surface area contributed by atoms with Crippen molar-refractivity contribution in [1.82, 2.24) is 0 Å². The van der Waals surface area contributed by atoms with E-state index in [0.29, 0.717) is 5.75 Å². The van der Waals surface area contributed by atoms with Crippen LogP contribution in [0.5, 0.6) is 5.75 Å². The molecule has 1 aromatic carbocycles. The molecule has 0 amide bonds. The van der Waals surface area contributed by atoms with E-state index >= 15 is 0 Å². The summed E-state index contributed by atoms with van der Waals surface area (Å²) in [6, 6.07) is 5.72. The van der Waals surface area contributed by atoms with Crippen molar-refractivity contribution in [2.24, 2.45) is 0 Å². The van der Waals surface area contributed by atoms with Crippen molar-refractivity contribution in [2.45, 2.75) is 46.4 Å². The van der Waals surface area contributed by atoms with E-state index in [4.69, 9.17) is 4.74 Å². The third-order valence-electron chi connectivity index (χ3n) is 2.30. The number of rotatable bonds is 2. The molecule has 1 rings (SSSR count). The molecule has 1 unspecified atom stereocenters. The molecule has 0 bridgehead atoms. The van der Waals surface area contributed by atoms with Crippen LogP contribution < -0.4 is 4.74 Å². The summed E-state index contributed by atoms with van der Waals surface area (Å²) in [7, 11) is 0. The van der Waals surface area contributed by atoms with Gasteiger partial charge in [0.1, 0.15) is 5.75 Å². The maximum absolute atomic E-state index is 12.6. The standard InChI is InChI=1S/C13H19FO/c1-9-8-11(15-10(2)14)6-7-12(9)13(3,4)5/h6-8,10H,1-5H3. The molecule has 0 radical (unpaired) electrons. The van der Waals surface area contributed by atoms with Gasteiger partial charge in [0.05, 0.1) is 0 Å². The van der Waals surface area contributed by atoms with Gasteiger partial charge in [0.2, 0.25) is 6.36 Å². The van der Waals surface area contributed by atoms with Crippen LogP contribution in [0, 0.1) is 6.92 Å². The summed E-state index contributed by atoms with van der Waals surface area (Å²) in [6.07, 6.45) is -1.26. The smallest absolute Gasteiger partial charge is 0.235 e. The van der Waals surface area contributed by atoms with Crippen LogP contribution >= 0.6 is 0 Å². The zero-order valence-corrected chi connectivity index (χ0v) is 10.1. The average molecular weight is 210 g/mol. The second kappa shape index (κ2) is 4.21. The highest BCUT2D eigenvalue weighted by molar-refractivity contribution is 5.38. The molecule has 1 atom stereocenters. The van der Waals surface area contributed by atoms with Crippen LogP contribution in [0.2, 0.25) is 0 Å². The van der Waals surface area contributed by atoms with E-state index in [1.54, 1.807) is 0 Å². The molecule has 1 aromatic rings. The summed E-state index contributed by atoms with van der Waals surface area (Å²) in [4.78, 5) is 0. The lowest BCUT2D eigenvalue weighted by Crippen LogP contribution is -2.13. The van der Waals surface area contributed by atoms with Gasteiger partial charge in [0, 0.05) is 6.92 Å². The SMILES string of the molecule is Cc1cc(OC(C)F)ccc1C(C)(C)C. The van der Waals surface area contributed by atoms with Gasteiger partial charge in [-0.05, 0) is 35.6 Å². The van der Waals surface area contributed by atoms with Crippen LogP contribution in [-0.2, 0) is 5.41 Å². The molecule has 0 N–H and O–H groups in total. The van der Waals surface area contributed by atoms with Gasteiger partial charge in [-0.15, -0.1) is 0 Å². The summed E-state index contributed by atoms with van der Waals surface area (Å²) in [5.74, 6) is 0.593. The van der Waals surface area contributed by atoms with Gasteiger partial charge in [-0.25, -0.2) is 4.39 Å². The Balaban J connectivity index is 2.99. The van der Waals surface area contributed by atoms with E-state index in [0.717, 1.165) is 5.56 Å². The van der Waals surface area contributed by atoms with Crippen molar-refractivity contribution in [3.05, 3.63) is 29.3 Å². The fourth-order valence-electron chi connectivity index (χ4n) is 1.74. The highest BCUT2D eigenvalue weighted by atomic mass is 19.1. The van der Waals surface area contributed by atoms with Gasteiger partial charge in [0.15, 0.2) is 0 Å². The first-order valence-corrected chi connectivity index (χ1v) is 5.22. The monoisotopic (exact) mass is 210 g/mol. The van der Waals surface area contributed by atoms with Gasteiger partial charge in [-0.2, -0.15) is 0 Å². The molecule has 15 heavy (non-hydrogen) atoms. The van der Waals surface area contributed by atoms with Crippen LogP contribution in [0.3, 0.4) is 0 Å². The predicted octanol–water partition coefficient (Wildman–Crippen LogP) is 3.99. The fraction of sp³-hybridized carbons (Fsp3) is 0.538. The summed E-state index contributed by atoms with van der Waals surface area (Å²) in [5.41, 5.74) is 2.52. The van der Waals surface area contributed by atoms with Crippen molar-refractivity contribution in [2.75, 3.05) is 0 Å². The van der Waals surface area contributed by atoms with Gasteiger partial charge >= 0.3 is 0 Å². The Hall–Kier alpha value is -1.05. The van der Waals surface area contributed by atoms with E-state index in [1.807, 2.05) is 25.1 Å². The highest BCUT2D eigenvalue weighted by Crippen LogP contribution is 2.28. The van der Waals surface area contributed by atoms with E-state index in [-0.39, 0.29) is 5.41 Å². The topological polar surface area (TPSA) is 9.23 Å². The number of alkyl halides is 1. The quantitative estimate of drug-likeness (QED) is 0.717. The summed E-state index contributed by atoms with van der Waals surface area (Å²) in [6.45, 7) is 9.89. The van der Waals surface area contributed by atoms with Crippen molar-refractivity contribution in [3.63, 3.8) is 0 Å². The van der Waals surface area contributed by atoms with Gasteiger partial charge < -0.3 is 4.74 Å². The summed E-state index contributed by atoms with van der Waals surface area (Å²) in [5, 5.41) is 0. The molecule has 84 valence electrons. The number of aryl methyl sites for hydroxylation is 1. The molecule has 0 spiro atoms. The van der Waals surface area contributed by atoms with Crippen LogP contribution in [0.1, 0.15) is 38.8 Å². The third kappa shape index (κ3) is 3.22. The number of ether oxygens (including phenoxy) is 1. The first-order chi connectivity index (χ1) is 6.80. The summed E-state index contributed by atoms with van der Waals surface area (Å²) < 4.78 is 17.6. The lowest BCUT2D eigenvalue weighted by molar-refractivity contribution is 0.0860. The molecule has 0 aliphatic carbocycles. The van der Waals surface area contributed by atoms with Gasteiger partial charge in [-0.1, -0.05) is 26.8 Å². The molecule has 1 nitrogen and oxygen atoms in total. The second-order valence-corrected chi connectivity index (χ2v) is 4.89. The molecule has 0 fully saturated rings. The Kier molecular flexibility index (Phi) is 3.38. The first kappa shape index (κ1) is 12.0. The first-order valence-electron chi connectivity index (χ1n) is 5.22. The van der Waals surface area contributed by atoms with E-state index in [9.17, 15) is 4.39 Å². The second-order valence-electron chi connectivity index (χ2n) is 4.89. The van der Waals surface area contributed by atoms with Crippen molar-refractivity contribution >= 4 is 0 Å². The average Bonchev–Trinajstić information content (AvgIpc) is 1.99. The minimum Gasteiger partial charge on any atom is -0.461 e. The molecule has 0 heterocycles. The predicted molar refractivity (Wildman–Crippen MR) is 61.1 cm³/mol. The number of hydrogen-bond acceptors (Lipinski definition) is 1. The molecular weight excluding hydrogens is 191 g/mol. The van der Waals surface area contributed by atoms with E-state index in [1.165, 1.54) is 12.5 Å². The minimum absolute atomic E-state index is 0.115. The van der Waals surface area contributed by atoms with Crippen LogP contribution in [-0.4, -0.2) is 6.36 Å². The Morgan fingerprint density at radius 2 is 1.87 bits per heavy atom. The van der Waals surface area contributed by atoms with E-state index in [2.05, 4.69) is 20.8 Å². The van der Waals surface area contributed by atoms with Gasteiger partial charge in [-0.3, -0.25) is 0 Å². The number of hydrogen-bond donors (Lipinski definition) is 0. The van der Waals surface area contributed by atoms with E-state index < -0.39 is 6.36 Å². The minimum atomic E-state index is -1.26. The molecular formula is C13H19FO. The fourth-order valence-corrected chi connectivity index (χ4v) is 1.74.